The van der Waals surface area contributed by atoms with Crippen LogP contribution in [0, 0.1) is 5.92 Å². The second-order valence-electron chi connectivity index (χ2n) is 5.72. The van der Waals surface area contributed by atoms with E-state index in [1.54, 1.807) is 0 Å². The largest absolute Gasteiger partial charge is 0.313 e. The molecule has 20 heavy (non-hydrogen) atoms. The van der Waals surface area contributed by atoms with Crippen LogP contribution in [-0.4, -0.2) is 22.4 Å². The fraction of sp³-hybridized carbons (Fsp3) is 0.812. The molecule has 2 atom stereocenters. The summed E-state index contributed by atoms with van der Waals surface area (Å²) in [5.41, 5.74) is 2.48. The molecular formula is C16H30BrN3. The average molecular weight is 344 g/mol. The van der Waals surface area contributed by atoms with Gasteiger partial charge in [-0.05, 0) is 47.7 Å². The Morgan fingerprint density at radius 1 is 1.25 bits per heavy atom. The van der Waals surface area contributed by atoms with Crippen molar-refractivity contribution in [2.75, 3.05) is 6.54 Å². The SMILES string of the molecule is CCCNC(Cc1c(Br)c(CC)nn1C)C(C)CCC. The maximum Gasteiger partial charge on any atom is 0.0766 e. The van der Waals surface area contributed by atoms with Gasteiger partial charge in [-0.2, -0.15) is 5.10 Å². The van der Waals surface area contributed by atoms with E-state index in [-0.39, 0.29) is 0 Å². The quantitative estimate of drug-likeness (QED) is 0.731. The van der Waals surface area contributed by atoms with E-state index < -0.39 is 0 Å². The lowest BCUT2D eigenvalue weighted by Crippen LogP contribution is -2.38. The molecule has 3 nitrogen and oxygen atoms in total. The first-order valence-corrected chi connectivity index (χ1v) is 8.77. The third kappa shape index (κ3) is 4.59. The van der Waals surface area contributed by atoms with Gasteiger partial charge in [-0.25, -0.2) is 0 Å². The third-order valence-corrected chi connectivity index (χ3v) is 4.92. The van der Waals surface area contributed by atoms with Crippen LogP contribution in [0.4, 0.5) is 0 Å². The number of aryl methyl sites for hydroxylation is 2. The molecular weight excluding hydrogens is 314 g/mol. The monoisotopic (exact) mass is 343 g/mol. The zero-order valence-corrected chi connectivity index (χ0v) is 15.3. The first-order valence-electron chi connectivity index (χ1n) is 7.98. The van der Waals surface area contributed by atoms with Gasteiger partial charge in [0.2, 0.25) is 0 Å². The van der Waals surface area contributed by atoms with Crippen molar-refractivity contribution in [3.05, 3.63) is 15.9 Å². The molecule has 116 valence electrons. The molecule has 0 aromatic carbocycles. The van der Waals surface area contributed by atoms with E-state index in [2.05, 4.69) is 61.1 Å². The molecule has 1 aromatic rings. The summed E-state index contributed by atoms with van der Waals surface area (Å²) < 4.78 is 3.25. The number of hydrogen-bond donors (Lipinski definition) is 1. The Bertz CT molecular complexity index is 401. The van der Waals surface area contributed by atoms with Crippen LogP contribution < -0.4 is 5.32 Å². The topological polar surface area (TPSA) is 29.9 Å². The maximum atomic E-state index is 4.61. The highest BCUT2D eigenvalue weighted by molar-refractivity contribution is 9.10. The minimum Gasteiger partial charge on any atom is -0.313 e. The predicted octanol–water partition coefficient (Wildman–Crippen LogP) is 4.09. The summed E-state index contributed by atoms with van der Waals surface area (Å²) in [5.74, 6) is 0.693. The molecule has 0 aliphatic rings. The normalized spacial score (nSPS) is 14.5. The molecule has 0 fully saturated rings. The van der Waals surface area contributed by atoms with Gasteiger partial charge in [-0.3, -0.25) is 4.68 Å². The molecule has 1 heterocycles. The molecule has 2 unspecified atom stereocenters. The van der Waals surface area contributed by atoms with E-state index in [1.165, 1.54) is 35.1 Å². The smallest absolute Gasteiger partial charge is 0.0766 e. The molecule has 0 aliphatic heterocycles. The van der Waals surface area contributed by atoms with Gasteiger partial charge in [0.1, 0.15) is 0 Å². The molecule has 0 bridgehead atoms. The summed E-state index contributed by atoms with van der Waals surface area (Å²) >= 11 is 3.74. The van der Waals surface area contributed by atoms with Crippen LogP contribution in [0.25, 0.3) is 0 Å². The van der Waals surface area contributed by atoms with E-state index in [0.717, 1.165) is 19.4 Å². The molecule has 0 aliphatic carbocycles. The molecule has 1 aromatic heterocycles. The summed E-state index contributed by atoms with van der Waals surface area (Å²) in [6, 6.07) is 0.534. The molecule has 0 spiro atoms. The van der Waals surface area contributed by atoms with E-state index in [1.807, 2.05) is 4.68 Å². The van der Waals surface area contributed by atoms with Gasteiger partial charge in [-0.15, -0.1) is 0 Å². The Labute approximate surface area is 132 Å². The summed E-state index contributed by atoms with van der Waals surface area (Å²) in [5, 5.41) is 8.33. The van der Waals surface area contributed by atoms with Crippen LogP contribution in [0.2, 0.25) is 0 Å². The first-order chi connectivity index (χ1) is 9.54. The van der Waals surface area contributed by atoms with E-state index in [9.17, 15) is 0 Å². The number of hydrogen-bond acceptors (Lipinski definition) is 2. The molecule has 0 saturated carbocycles. The summed E-state index contributed by atoms with van der Waals surface area (Å²) in [4.78, 5) is 0. The second kappa shape index (κ2) is 8.83. The number of nitrogens with zero attached hydrogens (tertiary/aromatic N) is 2. The molecule has 0 amide bonds. The van der Waals surface area contributed by atoms with Crippen molar-refractivity contribution in [1.82, 2.24) is 15.1 Å². The van der Waals surface area contributed by atoms with Crippen molar-refractivity contribution in [1.29, 1.82) is 0 Å². The van der Waals surface area contributed by atoms with E-state index in [4.69, 9.17) is 0 Å². The number of rotatable bonds is 9. The molecule has 0 radical (unpaired) electrons. The zero-order valence-electron chi connectivity index (χ0n) is 13.7. The number of aromatic nitrogens is 2. The highest BCUT2D eigenvalue weighted by Crippen LogP contribution is 2.25. The van der Waals surface area contributed by atoms with Crippen molar-refractivity contribution in [3.63, 3.8) is 0 Å². The Hall–Kier alpha value is -0.350. The van der Waals surface area contributed by atoms with Crippen LogP contribution in [0.3, 0.4) is 0 Å². The number of nitrogens with one attached hydrogen (secondary N) is 1. The lowest BCUT2D eigenvalue weighted by atomic mass is 9.93. The van der Waals surface area contributed by atoms with Gasteiger partial charge in [0.15, 0.2) is 0 Å². The Kier molecular flexibility index (Phi) is 7.82. The molecule has 1 rings (SSSR count). The van der Waals surface area contributed by atoms with Crippen molar-refractivity contribution in [2.24, 2.45) is 13.0 Å². The van der Waals surface area contributed by atoms with Gasteiger partial charge in [0, 0.05) is 19.5 Å². The highest BCUT2D eigenvalue weighted by Gasteiger charge is 2.21. The van der Waals surface area contributed by atoms with Crippen molar-refractivity contribution >= 4 is 15.9 Å². The van der Waals surface area contributed by atoms with E-state index in [0.29, 0.717) is 12.0 Å². The molecule has 4 heteroatoms. The van der Waals surface area contributed by atoms with Gasteiger partial charge in [-0.1, -0.05) is 34.1 Å². The van der Waals surface area contributed by atoms with Crippen LogP contribution in [0.15, 0.2) is 4.47 Å². The Morgan fingerprint density at radius 3 is 2.45 bits per heavy atom. The second-order valence-corrected chi connectivity index (χ2v) is 6.51. The summed E-state index contributed by atoms with van der Waals surface area (Å²) in [6.45, 7) is 10.1. The zero-order chi connectivity index (χ0) is 15.1. The van der Waals surface area contributed by atoms with E-state index >= 15 is 0 Å². The van der Waals surface area contributed by atoms with Gasteiger partial charge >= 0.3 is 0 Å². The van der Waals surface area contributed by atoms with Crippen LogP contribution in [0.1, 0.15) is 58.3 Å². The number of halogens is 1. The fourth-order valence-corrected chi connectivity index (χ4v) is 3.49. The first kappa shape index (κ1) is 17.7. The molecule has 0 saturated heterocycles. The van der Waals surface area contributed by atoms with Gasteiger partial charge < -0.3 is 5.32 Å². The Balaban J connectivity index is 2.85. The third-order valence-electron chi connectivity index (χ3n) is 4.00. The minimum absolute atomic E-state index is 0.534. The van der Waals surface area contributed by atoms with Crippen LogP contribution in [-0.2, 0) is 19.9 Å². The van der Waals surface area contributed by atoms with Crippen LogP contribution >= 0.6 is 15.9 Å². The summed E-state index contributed by atoms with van der Waals surface area (Å²) in [6.07, 6.45) is 5.73. The van der Waals surface area contributed by atoms with Crippen molar-refractivity contribution in [3.8, 4) is 0 Å². The maximum absolute atomic E-state index is 4.61. The summed E-state index contributed by atoms with van der Waals surface area (Å²) in [7, 11) is 2.06. The predicted molar refractivity (Wildman–Crippen MR) is 90.1 cm³/mol. The van der Waals surface area contributed by atoms with Gasteiger partial charge in [0.25, 0.3) is 0 Å². The standard InChI is InChI=1S/C16H30BrN3/c1-6-9-12(4)14(18-10-7-2)11-15-16(17)13(8-3)19-20(15)5/h12,14,18H,6-11H2,1-5H3. The van der Waals surface area contributed by atoms with Crippen LogP contribution in [0.5, 0.6) is 0 Å². The lowest BCUT2D eigenvalue weighted by Gasteiger charge is -2.25. The average Bonchev–Trinajstić information content (AvgIpc) is 2.70. The highest BCUT2D eigenvalue weighted by atomic mass is 79.9. The van der Waals surface area contributed by atoms with Gasteiger partial charge in [0.05, 0.1) is 15.9 Å². The van der Waals surface area contributed by atoms with Crippen molar-refractivity contribution in [2.45, 2.75) is 65.8 Å². The minimum atomic E-state index is 0.534. The lowest BCUT2D eigenvalue weighted by molar-refractivity contribution is 0.347. The molecule has 1 N–H and O–H groups in total. The fourth-order valence-electron chi connectivity index (χ4n) is 2.71. The van der Waals surface area contributed by atoms with Crippen molar-refractivity contribution < 1.29 is 0 Å². The Morgan fingerprint density at radius 2 is 1.95 bits per heavy atom.